The second-order valence-corrected chi connectivity index (χ2v) is 5.64. The standard InChI is InChI=1S/C17H22O7/c1-10-14(23-11(2)18)15(24-12(3)19)16(17(20)22-10)21-9-13-7-5-4-6-8-13/h4-8,10,14-17,20H,9H2,1-3H3/t10-,14+,15+,16-,17-/m1/s1. The van der Waals surface area contributed by atoms with Crippen molar-refractivity contribution in [2.75, 3.05) is 0 Å². The Labute approximate surface area is 140 Å². The number of aliphatic hydroxyl groups excluding tert-OH is 1. The maximum atomic E-state index is 11.4. The molecule has 2 rings (SSSR count). The van der Waals surface area contributed by atoms with Crippen LogP contribution in [0.15, 0.2) is 30.3 Å². The molecule has 132 valence electrons. The van der Waals surface area contributed by atoms with E-state index in [-0.39, 0.29) is 6.61 Å². The summed E-state index contributed by atoms with van der Waals surface area (Å²) in [7, 11) is 0. The summed E-state index contributed by atoms with van der Waals surface area (Å²) < 4.78 is 21.6. The lowest BCUT2D eigenvalue weighted by atomic mass is 9.99. The van der Waals surface area contributed by atoms with Gasteiger partial charge in [0.2, 0.25) is 0 Å². The maximum absolute atomic E-state index is 11.4. The van der Waals surface area contributed by atoms with Gasteiger partial charge in [-0.15, -0.1) is 0 Å². The highest BCUT2D eigenvalue weighted by molar-refractivity contribution is 5.67. The van der Waals surface area contributed by atoms with Gasteiger partial charge in [-0.3, -0.25) is 9.59 Å². The minimum absolute atomic E-state index is 0.185. The molecule has 0 radical (unpaired) electrons. The van der Waals surface area contributed by atoms with Gasteiger partial charge in [-0.05, 0) is 12.5 Å². The van der Waals surface area contributed by atoms with Gasteiger partial charge in [-0.1, -0.05) is 30.3 Å². The van der Waals surface area contributed by atoms with Crippen LogP contribution in [0.5, 0.6) is 0 Å². The van der Waals surface area contributed by atoms with Gasteiger partial charge in [0.15, 0.2) is 18.5 Å². The zero-order chi connectivity index (χ0) is 17.7. The smallest absolute Gasteiger partial charge is 0.303 e. The third-order valence-corrected chi connectivity index (χ3v) is 3.63. The van der Waals surface area contributed by atoms with Crippen molar-refractivity contribution in [3.05, 3.63) is 35.9 Å². The summed E-state index contributed by atoms with van der Waals surface area (Å²) in [5, 5.41) is 10.2. The van der Waals surface area contributed by atoms with Gasteiger partial charge in [0.1, 0.15) is 6.10 Å². The summed E-state index contributed by atoms with van der Waals surface area (Å²) in [5.74, 6) is -1.10. The number of hydrogen-bond acceptors (Lipinski definition) is 7. The van der Waals surface area contributed by atoms with E-state index in [2.05, 4.69) is 0 Å². The van der Waals surface area contributed by atoms with E-state index in [9.17, 15) is 14.7 Å². The van der Waals surface area contributed by atoms with Crippen LogP contribution in [-0.2, 0) is 35.1 Å². The van der Waals surface area contributed by atoms with Crippen LogP contribution in [0.1, 0.15) is 26.3 Å². The number of aliphatic hydroxyl groups is 1. The van der Waals surface area contributed by atoms with Crippen molar-refractivity contribution >= 4 is 11.9 Å². The third-order valence-electron chi connectivity index (χ3n) is 3.63. The van der Waals surface area contributed by atoms with Crippen LogP contribution in [0.3, 0.4) is 0 Å². The Morgan fingerprint density at radius 1 is 1.04 bits per heavy atom. The second-order valence-electron chi connectivity index (χ2n) is 5.64. The van der Waals surface area contributed by atoms with Gasteiger partial charge < -0.3 is 24.1 Å². The summed E-state index contributed by atoms with van der Waals surface area (Å²) in [5.41, 5.74) is 0.883. The first kappa shape index (κ1) is 18.4. The molecule has 0 bridgehead atoms. The summed E-state index contributed by atoms with van der Waals surface area (Å²) in [6.45, 7) is 4.31. The monoisotopic (exact) mass is 338 g/mol. The fourth-order valence-electron chi connectivity index (χ4n) is 2.62. The van der Waals surface area contributed by atoms with E-state index in [1.165, 1.54) is 13.8 Å². The Balaban J connectivity index is 2.16. The molecule has 1 aliphatic heterocycles. The Bertz CT molecular complexity index is 559. The largest absolute Gasteiger partial charge is 0.456 e. The lowest BCUT2D eigenvalue weighted by molar-refractivity contribution is -0.295. The van der Waals surface area contributed by atoms with Crippen molar-refractivity contribution in [3.8, 4) is 0 Å². The molecule has 0 amide bonds. The molecule has 1 saturated heterocycles. The average molecular weight is 338 g/mol. The van der Waals surface area contributed by atoms with Crippen LogP contribution < -0.4 is 0 Å². The van der Waals surface area contributed by atoms with Crippen molar-refractivity contribution in [1.82, 2.24) is 0 Å². The summed E-state index contributed by atoms with van der Waals surface area (Å²) in [6.07, 6.45) is -4.76. The van der Waals surface area contributed by atoms with Crippen LogP contribution in [0.25, 0.3) is 0 Å². The van der Waals surface area contributed by atoms with Gasteiger partial charge in [0.05, 0.1) is 12.7 Å². The Hall–Kier alpha value is -1.96. The Morgan fingerprint density at radius 2 is 1.62 bits per heavy atom. The number of carbonyl (C=O) groups is 2. The van der Waals surface area contributed by atoms with E-state index in [0.29, 0.717) is 0 Å². The van der Waals surface area contributed by atoms with Crippen LogP contribution >= 0.6 is 0 Å². The first-order chi connectivity index (χ1) is 11.4. The molecule has 7 heteroatoms. The second kappa shape index (κ2) is 8.23. The molecule has 0 unspecified atom stereocenters. The van der Waals surface area contributed by atoms with E-state index in [0.717, 1.165) is 5.56 Å². The number of esters is 2. The van der Waals surface area contributed by atoms with Gasteiger partial charge in [0.25, 0.3) is 0 Å². The number of hydrogen-bond donors (Lipinski definition) is 1. The predicted molar refractivity (Wildman–Crippen MR) is 82.7 cm³/mol. The fraction of sp³-hybridized carbons (Fsp3) is 0.529. The highest BCUT2D eigenvalue weighted by Gasteiger charge is 2.48. The Morgan fingerprint density at radius 3 is 2.21 bits per heavy atom. The average Bonchev–Trinajstić information content (AvgIpc) is 2.51. The summed E-state index contributed by atoms with van der Waals surface area (Å²) >= 11 is 0. The topological polar surface area (TPSA) is 91.3 Å². The molecule has 1 aromatic rings. The van der Waals surface area contributed by atoms with E-state index < -0.39 is 42.6 Å². The highest BCUT2D eigenvalue weighted by atomic mass is 16.7. The van der Waals surface area contributed by atoms with Crippen LogP contribution in [0, 0.1) is 0 Å². The molecule has 1 N–H and O–H groups in total. The van der Waals surface area contributed by atoms with Crippen LogP contribution in [0.2, 0.25) is 0 Å². The molecule has 0 saturated carbocycles. The molecule has 1 aliphatic rings. The van der Waals surface area contributed by atoms with Crippen LogP contribution in [0.4, 0.5) is 0 Å². The molecule has 7 nitrogen and oxygen atoms in total. The molecular formula is C17H22O7. The van der Waals surface area contributed by atoms with Gasteiger partial charge in [-0.2, -0.15) is 0 Å². The maximum Gasteiger partial charge on any atom is 0.303 e. The molecule has 1 aromatic carbocycles. The van der Waals surface area contributed by atoms with Crippen molar-refractivity contribution in [2.45, 2.75) is 58.1 Å². The molecule has 1 fully saturated rings. The number of benzene rings is 1. The molecule has 0 aliphatic carbocycles. The first-order valence-electron chi connectivity index (χ1n) is 7.72. The minimum atomic E-state index is -1.31. The zero-order valence-electron chi connectivity index (χ0n) is 13.9. The first-order valence-corrected chi connectivity index (χ1v) is 7.72. The predicted octanol–water partition coefficient (Wildman–Crippen LogP) is 1.17. The molecule has 1 heterocycles. The van der Waals surface area contributed by atoms with Crippen LogP contribution in [-0.4, -0.2) is 47.8 Å². The number of rotatable bonds is 5. The zero-order valence-corrected chi connectivity index (χ0v) is 13.9. The van der Waals surface area contributed by atoms with E-state index in [1.807, 2.05) is 30.3 Å². The lowest BCUT2D eigenvalue weighted by Crippen LogP contribution is -2.60. The third kappa shape index (κ3) is 4.77. The Kier molecular flexibility index (Phi) is 6.30. The molecule has 24 heavy (non-hydrogen) atoms. The van der Waals surface area contributed by atoms with E-state index in [4.69, 9.17) is 18.9 Å². The SMILES string of the molecule is CC(=O)O[C@@H]1[C@@H](OCc2ccccc2)[C@H](O)O[C@H](C)[C@@H]1OC(C)=O. The van der Waals surface area contributed by atoms with Gasteiger partial charge in [-0.25, -0.2) is 0 Å². The van der Waals surface area contributed by atoms with Crippen molar-refractivity contribution < 1.29 is 33.6 Å². The van der Waals surface area contributed by atoms with Gasteiger partial charge >= 0.3 is 11.9 Å². The van der Waals surface area contributed by atoms with Crippen molar-refractivity contribution in [3.63, 3.8) is 0 Å². The highest BCUT2D eigenvalue weighted by Crippen LogP contribution is 2.28. The summed E-state index contributed by atoms with van der Waals surface area (Å²) in [4.78, 5) is 22.8. The van der Waals surface area contributed by atoms with Crippen molar-refractivity contribution in [1.29, 1.82) is 0 Å². The molecule has 5 atom stereocenters. The van der Waals surface area contributed by atoms with Crippen molar-refractivity contribution in [2.24, 2.45) is 0 Å². The quantitative estimate of drug-likeness (QED) is 0.806. The van der Waals surface area contributed by atoms with E-state index in [1.54, 1.807) is 6.92 Å². The molecule has 0 aromatic heterocycles. The number of carbonyl (C=O) groups excluding carboxylic acids is 2. The fourth-order valence-corrected chi connectivity index (χ4v) is 2.62. The lowest BCUT2D eigenvalue weighted by Gasteiger charge is -2.42. The molecule has 0 spiro atoms. The minimum Gasteiger partial charge on any atom is -0.456 e. The normalized spacial score (nSPS) is 29.8. The van der Waals surface area contributed by atoms with Gasteiger partial charge in [0, 0.05) is 13.8 Å². The van der Waals surface area contributed by atoms with E-state index >= 15 is 0 Å². The number of ether oxygens (including phenoxy) is 4. The summed E-state index contributed by atoms with van der Waals surface area (Å²) in [6, 6.07) is 9.33. The molecular weight excluding hydrogens is 316 g/mol.